The molecule has 19 heavy (non-hydrogen) atoms. The second-order valence-corrected chi connectivity index (χ2v) is 5.35. The van der Waals surface area contributed by atoms with E-state index in [2.05, 4.69) is 36.4 Å². The molecular weight excluding hydrogens is 282 g/mol. The molecule has 0 bridgehead atoms. The normalized spacial score (nSPS) is 16.1. The minimum atomic E-state index is -0.393. The Morgan fingerprint density at radius 1 is 1.42 bits per heavy atom. The number of halogens is 1. The molecule has 110 valence electrons. The Morgan fingerprint density at radius 3 is 2.53 bits per heavy atom. The molecule has 0 saturated carbocycles. The van der Waals surface area contributed by atoms with Gasteiger partial charge in [-0.15, -0.1) is 12.6 Å². The molecule has 4 N–H and O–H groups in total. The molecule has 0 aliphatic rings. The summed E-state index contributed by atoms with van der Waals surface area (Å²) in [7, 11) is 1.61. The van der Waals surface area contributed by atoms with Crippen LogP contribution in [-0.4, -0.2) is 37.8 Å². The predicted octanol–water partition coefficient (Wildman–Crippen LogP) is 1.61. The van der Waals surface area contributed by atoms with Crippen LogP contribution in [0.5, 0.6) is 0 Å². The van der Waals surface area contributed by atoms with E-state index in [1.54, 1.807) is 19.3 Å². The molecular formula is C13H24ClN3OS. The van der Waals surface area contributed by atoms with Gasteiger partial charge in [-0.3, -0.25) is 0 Å². The Bertz CT molecular complexity index is 321. The third-order valence-corrected chi connectivity index (χ3v) is 2.78. The molecule has 4 nitrogen and oxygen atoms in total. The van der Waals surface area contributed by atoms with Crippen molar-refractivity contribution in [1.82, 2.24) is 10.6 Å². The summed E-state index contributed by atoms with van der Waals surface area (Å²) in [5, 5.41) is 6.23. The molecule has 0 aromatic heterocycles. The summed E-state index contributed by atoms with van der Waals surface area (Å²) in [5.74, 6) is 0. The van der Waals surface area contributed by atoms with Crippen LogP contribution in [0.15, 0.2) is 35.9 Å². The van der Waals surface area contributed by atoms with Crippen LogP contribution in [0.3, 0.4) is 0 Å². The second kappa shape index (κ2) is 10.3. The number of hydrogen-bond donors (Lipinski definition) is 4. The predicted molar refractivity (Wildman–Crippen MR) is 86.5 cm³/mol. The molecule has 3 atom stereocenters. The second-order valence-electron chi connectivity index (χ2n) is 4.31. The maximum absolute atomic E-state index is 6.23. The third kappa shape index (κ3) is 10.0. The van der Waals surface area contributed by atoms with Gasteiger partial charge in [0.05, 0.1) is 0 Å². The molecule has 0 spiro atoms. The van der Waals surface area contributed by atoms with E-state index in [0.717, 1.165) is 0 Å². The number of ether oxygens (including phenoxy) is 1. The van der Waals surface area contributed by atoms with Gasteiger partial charge in [-0.1, -0.05) is 24.8 Å². The van der Waals surface area contributed by atoms with Crippen LogP contribution in [0.4, 0.5) is 0 Å². The fourth-order valence-corrected chi connectivity index (χ4v) is 1.68. The van der Waals surface area contributed by atoms with Crippen molar-refractivity contribution >= 4 is 24.2 Å². The first kappa shape index (κ1) is 18.5. The van der Waals surface area contributed by atoms with E-state index in [0.29, 0.717) is 23.7 Å². The Balaban J connectivity index is 4.16. The summed E-state index contributed by atoms with van der Waals surface area (Å²) in [6.07, 6.45) is 3.30. The number of alkyl halides is 1. The lowest BCUT2D eigenvalue weighted by Crippen LogP contribution is -2.44. The minimum absolute atomic E-state index is 0.0959. The fraction of sp³-hybridized carbons (Fsp3) is 0.538. The van der Waals surface area contributed by atoms with Crippen molar-refractivity contribution in [3.05, 3.63) is 35.9 Å². The van der Waals surface area contributed by atoms with Gasteiger partial charge in [-0.2, -0.15) is 0 Å². The minimum Gasteiger partial charge on any atom is -0.377 e. The first-order chi connectivity index (χ1) is 8.86. The first-order valence-electron chi connectivity index (χ1n) is 6.01. The maximum Gasteiger partial charge on any atom is 0.129 e. The lowest BCUT2D eigenvalue weighted by Gasteiger charge is -2.23. The number of nitrogens with two attached hydrogens (primary N) is 1. The van der Waals surface area contributed by atoms with Crippen molar-refractivity contribution in [2.24, 2.45) is 5.73 Å². The molecule has 0 aliphatic carbocycles. The number of allylic oxidation sites excluding steroid dienone is 2. The van der Waals surface area contributed by atoms with E-state index < -0.39 is 5.50 Å². The van der Waals surface area contributed by atoms with Gasteiger partial charge in [0.2, 0.25) is 0 Å². The quantitative estimate of drug-likeness (QED) is 0.214. The van der Waals surface area contributed by atoms with Gasteiger partial charge in [0.1, 0.15) is 11.6 Å². The molecule has 6 heteroatoms. The van der Waals surface area contributed by atoms with Gasteiger partial charge < -0.3 is 21.1 Å². The van der Waals surface area contributed by atoms with E-state index in [1.807, 2.05) is 6.92 Å². The highest BCUT2D eigenvalue weighted by Crippen LogP contribution is 2.07. The number of hydrogen-bond acceptors (Lipinski definition) is 5. The monoisotopic (exact) mass is 305 g/mol. The van der Waals surface area contributed by atoms with Gasteiger partial charge in [-0.25, -0.2) is 0 Å². The smallest absolute Gasteiger partial charge is 0.129 e. The van der Waals surface area contributed by atoms with Gasteiger partial charge in [0.15, 0.2) is 0 Å². The molecule has 0 saturated heterocycles. The van der Waals surface area contributed by atoms with Crippen LogP contribution in [0.25, 0.3) is 0 Å². The number of methoxy groups -OCH3 is 1. The van der Waals surface area contributed by atoms with Gasteiger partial charge in [0.25, 0.3) is 0 Å². The molecule has 0 rings (SSSR count). The first-order valence-corrected chi connectivity index (χ1v) is 6.89. The molecule has 0 aromatic carbocycles. The fourth-order valence-electron chi connectivity index (χ4n) is 1.27. The van der Waals surface area contributed by atoms with Crippen molar-refractivity contribution in [2.75, 3.05) is 20.2 Å². The Kier molecular flexibility index (Phi) is 10.1. The van der Waals surface area contributed by atoms with Crippen molar-refractivity contribution in [3.63, 3.8) is 0 Å². The Hall–Kier alpha value is -0.460. The zero-order chi connectivity index (χ0) is 14.8. The van der Waals surface area contributed by atoms with Crippen molar-refractivity contribution in [3.8, 4) is 0 Å². The molecule has 0 aromatic rings. The zero-order valence-electron chi connectivity index (χ0n) is 11.5. The maximum atomic E-state index is 6.23. The van der Waals surface area contributed by atoms with Crippen molar-refractivity contribution < 1.29 is 4.74 Å². The van der Waals surface area contributed by atoms with Crippen LogP contribution >= 0.6 is 24.2 Å². The Morgan fingerprint density at radius 2 is 2.05 bits per heavy atom. The number of rotatable bonds is 10. The van der Waals surface area contributed by atoms with Crippen molar-refractivity contribution in [2.45, 2.75) is 24.6 Å². The van der Waals surface area contributed by atoms with Gasteiger partial charge >= 0.3 is 0 Å². The summed E-state index contributed by atoms with van der Waals surface area (Å²) >= 11 is 10.3. The number of thiol groups is 1. The number of nitrogens with one attached hydrogen (secondary N) is 2. The summed E-state index contributed by atoms with van der Waals surface area (Å²) < 4.78 is 5.32. The van der Waals surface area contributed by atoms with E-state index in [9.17, 15) is 0 Å². The van der Waals surface area contributed by atoms with Crippen LogP contribution in [0.1, 0.15) is 6.92 Å². The largest absolute Gasteiger partial charge is 0.377 e. The highest BCUT2D eigenvalue weighted by molar-refractivity contribution is 7.84. The SMILES string of the molecule is C=C(S)/C=C\C(=C)NC(Cl)[C@@H](CNC[C@@H](C)N)OC. The van der Waals surface area contributed by atoms with E-state index in [1.165, 1.54) is 0 Å². The molecule has 1 unspecified atom stereocenters. The van der Waals surface area contributed by atoms with Gasteiger partial charge in [0, 0.05) is 31.9 Å². The van der Waals surface area contributed by atoms with Crippen LogP contribution < -0.4 is 16.4 Å². The van der Waals surface area contributed by atoms with E-state index >= 15 is 0 Å². The lowest BCUT2D eigenvalue weighted by molar-refractivity contribution is 0.0927. The zero-order valence-corrected chi connectivity index (χ0v) is 13.2. The topological polar surface area (TPSA) is 59.3 Å². The van der Waals surface area contributed by atoms with Crippen molar-refractivity contribution in [1.29, 1.82) is 0 Å². The van der Waals surface area contributed by atoms with Crippen LogP contribution in [0.2, 0.25) is 0 Å². The average molecular weight is 306 g/mol. The van der Waals surface area contributed by atoms with Crippen LogP contribution in [-0.2, 0) is 4.74 Å². The third-order valence-electron chi connectivity index (χ3n) is 2.24. The van der Waals surface area contributed by atoms with Gasteiger partial charge in [-0.05, 0) is 24.0 Å². The molecule has 0 radical (unpaired) electrons. The summed E-state index contributed by atoms with van der Waals surface area (Å²) in [4.78, 5) is 0.649. The van der Waals surface area contributed by atoms with Crippen LogP contribution in [0, 0.1) is 0 Å². The average Bonchev–Trinajstić information content (AvgIpc) is 2.31. The summed E-state index contributed by atoms with van der Waals surface area (Å²) in [5.41, 5.74) is 5.93. The summed E-state index contributed by atoms with van der Waals surface area (Å²) in [6.45, 7) is 10.7. The highest BCUT2D eigenvalue weighted by Gasteiger charge is 2.18. The molecule has 0 heterocycles. The molecule has 0 fully saturated rings. The highest BCUT2D eigenvalue weighted by atomic mass is 35.5. The summed E-state index contributed by atoms with van der Waals surface area (Å²) in [6, 6.07) is 0.0959. The standard InChI is InChI=1S/C13H24ClN3OS/c1-9(15)7-16-8-12(18-4)13(14)17-10(2)5-6-11(3)19/h5-6,9,12-13,16-17,19H,2-3,7-8,15H2,1,4H3/b6-5-/t9-,12-,13?/m1/s1. The molecule has 0 amide bonds. The molecule has 0 aliphatic heterocycles. The lowest BCUT2D eigenvalue weighted by atomic mass is 10.3. The Labute approximate surface area is 126 Å². The van der Waals surface area contributed by atoms with E-state index in [-0.39, 0.29) is 12.1 Å². The van der Waals surface area contributed by atoms with E-state index in [4.69, 9.17) is 22.1 Å².